The molecule has 0 aliphatic rings. The zero-order valence-corrected chi connectivity index (χ0v) is 11.5. The molecular formula is C11H19N3O2S. The summed E-state index contributed by atoms with van der Waals surface area (Å²) < 4.78 is 5.07. The van der Waals surface area contributed by atoms with E-state index in [0.29, 0.717) is 11.6 Å². The minimum absolute atomic E-state index is 0.310. The summed E-state index contributed by atoms with van der Waals surface area (Å²) in [5, 5.41) is 10.1. The van der Waals surface area contributed by atoms with E-state index in [4.69, 9.17) is 10.1 Å². The molecule has 0 unspecified atom stereocenters. The highest BCUT2D eigenvalue weighted by Gasteiger charge is 2.15. The van der Waals surface area contributed by atoms with Gasteiger partial charge in [-0.25, -0.2) is 9.79 Å². The minimum atomic E-state index is -0.504. The van der Waals surface area contributed by atoms with Crippen LogP contribution in [0.4, 0.5) is 4.79 Å². The van der Waals surface area contributed by atoms with Gasteiger partial charge in [0.05, 0.1) is 11.6 Å². The van der Waals surface area contributed by atoms with Crippen LogP contribution in [0.15, 0.2) is 16.5 Å². The van der Waals surface area contributed by atoms with Crippen LogP contribution >= 0.6 is 11.8 Å². The molecule has 0 bridgehead atoms. The van der Waals surface area contributed by atoms with E-state index < -0.39 is 11.7 Å². The number of hydrogen-bond donors (Lipinski definition) is 2. The molecule has 0 heterocycles. The molecule has 17 heavy (non-hydrogen) atoms. The third kappa shape index (κ3) is 9.62. The van der Waals surface area contributed by atoms with Gasteiger partial charge in [0.1, 0.15) is 11.9 Å². The molecule has 0 aliphatic heterocycles. The minimum Gasteiger partial charge on any atom is -0.444 e. The van der Waals surface area contributed by atoms with E-state index in [1.54, 1.807) is 27.7 Å². The number of alkyl carbamates (subject to hydrolysis) is 1. The third-order valence-electron chi connectivity index (χ3n) is 1.37. The molecule has 0 aliphatic carbocycles. The maximum atomic E-state index is 11.3. The first-order valence-electron chi connectivity index (χ1n) is 5.10. The monoisotopic (exact) mass is 257 g/mol. The lowest BCUT2D eigenvalue weighted by Gasteiger charge is -2.19. The van der Waals surface area contributed by atoms with Crippen LogP contribution < -0.4 is 5.32 Å². The van der Waals surface area contributed by atoms with Gasteiger partial charge in [-0.2, -0.15) is 0 Å². The number of ether oxygens (including phenoxy) is 1. The van der Waals surface area contributed by atoms with Gasteiger partial charge in [0.25, 0.3) is 0 Å². The molecule has 0 saturated heterocycles. The Morgan fingerprint density at radius 1 is 1.59 bits per heavy atom. The molecular weight excluding hydrogens is 238 g/mol. The van der Waals surface area contributed by atoms with Gasteiger partial charge >= 0.3 is 6.09 Å². The Balaban J connectivity index is 3.97. The normalized spacial score (nSPS) is 11.9. The third-order valence-corrected chi connectivity index (χ3v) is 2.20. The average Bonchev–Trinajstić information content (AvgIpc) is 2.12. The van der Waals surface area contributed by atoms with Crippen molar-refractivity contribution in [2.24, 2.45) is 4.99 Å². The average molecular weight is 257 g/mol. The summed E-state index contributed by atoms with van der Waals surface area (Å²) in [5.74, 6) is 0. The molecule has 6 heteroatoms. The van der Waals surface area contributed by atoms with E-state index in [0.717, 1.165) is 11.2 Å². The van der Waals surface area contributed by atoms with Crippen molar-refractivity contribution in [2.75, 3.05) is 6.54 Å². The van der Waals surface area contributed by atoms with Crippen molar-refractivity contribution < 1.29 is 9.53 Å². The number of rotatable bonds is 4. The van der Waals surface area contributed by atoms with Crippen LogP contribution in [-0.2, 0) is 4.74 Å². The standard InChI is InChI=1S/C11H19N3O2S/c1-8(17-9(2)14-7-12)6-13-10(15)16-11(3,4)5/h7,12H,1,6H2,2-5H3,(H,13,15). The Labute approximate surface area is 106 Å². The number of aliphatic imine (C=N–C) groups is 1. The van der Waals surface area contributed by atoms with E-state index in [2.05, 4.69) is 16.9 Å². The molecule has 0 aromatic carbocycles. The SMILES string of the molecule is C=C(CNC(=O)OC(C)(C)C)SC(C)=NC=N. The van der Waals surface area contributed by atoms with Gasteiger partial charge in [0, 0.05) is 4.91 Å². The second-order valence-corrected chi connectivity index (χ2v) is 5.65. The number of nitrogens with zero attached hydrogens (tertiary/aromatic N) is 1. The number of carbonyl (C=O) groups excluding carboxylic acids is 1. The fraction of sp³-hybridized carbons (Fsp3) is 0.545. The van der Waals surface area contributed by atoms with Crippen LogP contribution in [-0.4, -0.2) is 29.6 Å². The van der Waals surface area contributed by atoms with Crippen molar-refractivity contribution >= 4 is 29.2 Å². The molecule has 96 valence electrons. The van der Waals surface area contributed by atoms with Crippen LogP contribution in [0.3, 0.4) is 0 Å². The summed E-state index contributed by atoms with van der Waals surface area (Å²) >= 11 is 1.32. The van der Waals surface area contributed by atoms with Gasteiger partial charge in [-0.15, -0.1) is 0 Å². The first-order chi connectivity index (χ1) is 7.74. The first kappa shape index (κ1) is 15.7. The van der Waals surface area contributed by atoms with Crippen molar-refractivity contribution in [1.29, 1.82) is 5.41 Å². The number of amides is 1. The second kappa shape index (κ2) is 7.11. The Morgan fingerprint density at radius 3 is 2.65 bits per heavy atom. The van der Waals surface area contributed by atoms with Gasteiger partial charge in [-0.1, -0.05) is 18.3 Å². The predicted molar refractivity (Wildman–Crippen MR) is 72.9 cm³/mol. The van der Waals surface area contributed by atoms with E-state index in [-0.39, 0.29) is 0 Å². The van der Waals surface area contributed by atoms with Crippen LogP contribution in [0.1, 0.15) is 27.7 Å². The zero-order chi connectivity index (χ0) is 13.5. The van der Waals surface area contributed by atoms with Gasteiger partial charge in [0.2, 0.25) is 0 Å². The van der Waals surface area contributed by atoms with Crippen LogP contribution in [0.5, 0.6) is 0 Å². The first-order valence-corrected chi connectivity index (χ1v) is 5.92. The van der Waals surface area contributed by atoms with Crippen molar-refractivity contribution in [3.05, 3.63) is 11.5 Å². The van der Waals surface area contributed by atoms with Gasteiger partial charge in [-0.3, -0.25) is 5.41 Å². The maximum Gasteiger partial charge on any atom is 0.407 e. The molecule has 0 aromatic heterocycles. The lowest BCUT2D eigenvalue weighted by Crippen LogP contribution is -2.33. The van der Waals surface area contributed by atoms with Crippen molar-refractivity contribution in [3.63, 3.8) is 0 Å². The Hall–Kier alpha value is -1.30. The summed E-state index contributed by atoms with van der Waals surface area (Å²) in [7, 11) is 0. The Bertz CT molecular complexity index is 332. The van der Waals surface area contributed by atoms with E-state index in [1.807, 2.05) is 0 Å². The van der Waals surface area contributed by atoms with Gasteiger partial charge < -0.3 is 10.1 Å². The molecule has 0 aromatic rings. The van der Waals surface area contributed by atoms with Crippen molar-refractivity contribution in [1.82, 2.24) is 5.32 Å². The zero-order valence-electron chi connectivity index (χ0n) is 10.7. The summed E-state index contributed by atoms with van der Waals surface area (Å²) in [6.45, 7) is 11.3. The summed E-state index contributed by atoms with van der Waals surface area (Å²) in [4.78, 5) is 15.8. The summed E-state index contributed by atoms with van der Waals surface area (Å²) in [6.07, 6.45) is 0.498. The molecule has 1 amide bonds. The number of nitrogens with one attached hydrogen (secondary N) is 2. The summed E-state index contributed by atoms with van der Waals surface area (Å²) in [6, 6.07) is 0. The molecule has 0 atom stereocenters. The quantitative estimate of drug-likeness (QED) is 0.600. The fourth-order valence-corrected chi connectivity index (χ4v) is 1.51. The van der Waals surface area contributed by atoms with Gasteiger partial charge in [0.15, 0.2) is 0 Å². The molecule has 0 rings (SSSR count). The summed E-state index contributed by atoms with van der Waals surface area (Å²) in [5.41, 5.74) is -0.504. The van der Waals surface area contributed by atoms with Crippen molar-refractivity contribution in [3.8, 4) is 0 Å². The van der Waals surface area contributed by atoms with E-state index in [9.17, 15) is 4.79 Å². The number of hydrogen-bond acceptors (Lipinski definition) is 4. The smallest absolute Gasteiger partial charge is 0.407 e. The van der Waals surface area contributed by atoms with Crippen LogP contribution in [0, 0.1) is 5.41 Å². The Morgan fingerprint density at radius 2 is 2.18 bits per heavy atom. The molecule has 0 spiro atoms. The van der Waals surface area contributed by atoms with Crippen molar-refractivity contribution in [2.45, 2.75) is 33.3 Å². The van der Waals surface area contributed by atoms with E-state index in [1.165, 1.54) is 11.8 Å². The maximum absolute atomic E-state index is 11.3. The fourth-order valence-electron chi connectivity index (χ4n) is 0.847. The highest BCUT2D eigenvalue weighted by Crippen LogP contribution is 2.14. The molecule has 0 radical (unpaired) electrons. The largest absolute Gasteiger partial charge is 0.444 e. The van der Waals surface area contributed by atoms with E-state index >= 15 is 0 Å². The van der Waals surface area contributed by atoms with Crippen LogP contribution in [0.25, 0.3) is 0 Å². The highest BCUT2D eigenvalue weighted by molar-refractivity contribution is 8.17. The highest BCUT2D eigenvalue weighted by atomic mass is 32.2. The molecule has 5 nitrogen and oxygen atoms in total. The Kier molecular flexibility index (Phi) is 6.57. The second-order valence-electron chi connectivity index (χ2n) is 4.27. The van der Waals surface area contributed by atoms with Crippen LogP contribution in [0.2, 0.25) is 0 Å². The number of carbonyl (C=O) groups is 1. The topological polar surface area (TPSA) is 74.5 Å². The lowest BCUT2D eigenvalue weighted by atomic mass is 10.2. The molecule has 0 saturated carbocycles. The van der Waals surface area contributed by atoms with Gasteiger partial charge in [-0.05, 0) is 27.7 Å². The predicted octanol–water partition coefficient (Wildman–Crippen LogP) is 2.78. The molecule has 2 N–H and O–H groups in total. The number of thioether (sulfide) groups is 1. The molecule has 0 fully saturated rings. The lowest BCUT2D eigenvalue weighted by molar-refractivity contribution is 0.0533.